The van der Waals surface area contributed by atoms with Crippen LogP contribution in [-0.4, -0.2) is 52.7 Å². The number of carbonyl (C=O) groups excluding carboxylic acids is 1. The number of aryl methyl sites for hydroxylation is 1. The van der Waals surface area contributed by atoms with E-state index in [1.54, 1.807) is 7.11 Å². The van der Waals surface area contributed by atoms with Crippen LogP contribution in [0.2, 0.25) is 0 Å². The van der Waals surface area contributed by atoms with Gasteiger partial charge in [0.1, 0.15) is 5.82 Å². The summed E-state index contributed by atoms with van der Waals surface area (Å²) in [5.74, 6) is 1.06. The number of ether oxygens (including phenoxy) is 1. The molecule has 0 fully saturated rings. The maximum atomic E-state index is 11.7. The number of hydrogen-bond acceptors (Lipinski definition) is 6. The molecule has 1 amide bonds. The van der Waals surface area contributed by atoms with Crippen LogP contribution in [0.25, 0.3) is 0 Å². The van der Waals surface area contributed by atoms with Gasteiger partial charge in [-0.05, 0) is 13.8 Å². The number of rotatable bonds is 8. The first kappa shape index (κ1) is 15.9. The monoisotopic (exact) mass is 287 g/mol. The Kier molecular flexibility index (Phi) is 6.82. The summed E-state index contributed by atoms with van der Waals surface area (Å²) in [4.78, 5) is 11.7. The Morgan fingerprint density at radius 1 is 1.58 bits per heavy atom. The molecule has 0 aliphatic rings. The van der Waals surface area contributed by atoms with Gasteiger partial charge in [0, 0.05) is 26.2 Å². The van der Waals surface area contributed by atoms with E-state index in [0.717, 1.165) is 11.0 Å². The minimum absolute atomic E-state index is 0.00162. The van der Waals surface area contributed by atoms with Crippen LogP contribution >= 0.6 is 11.8 Å². The van der Waals surface area contributed by atoms with Crippen molar-refractivity contribution in [1.29, 1.82) is 0 Å². The summed E-state index contributed by atoms with van der Waals surface area (Å²) in [6.45, 7) is 5.44. The van der Waals surface area contributed by atoms with Gasteiger partial charge in [0.05, 0.1) is 12.4 Å². The van der Waals surface area contributed by atoms with E-state index in [4.69, 9.17) is 10.5 Å². The lowest BCUT2D eigenvalue weighted by Crippen LogP contribution is -2.36. The van der Waals surface area contributed by atoms with E-state index >= 15 is 0 Å². The molecular weight excluding hydrogens is 266 g/mol. The van der Waals surface area contributed by atoms with Gasteiger partial charge in [0.25, 0.3) is 0 Å². The normalized spacial score (nSPS) is 12.4. The van der Waals surface area contributed by atoms with E-state index in [9.17, 15) is 4.79 Å². The Bertz CT molecular complexity index is 410. The molecule has 1 atom stereocenters. The molecule has 1 heterocycles. The first-order valence-electron chi connectivity index (χ1n) is 6.09. The number of hydrogen-bond donors (Lipinski definition) is 2. The Morgan fingerprint density at radius 3 is 2.95 bits per heavy atom. The zero-order valence-corrected chi connectivity index (χ0v) is 12.4. The average Bonchev–Trinajstić information content (AvgIpc) is 2.69. The molecule has 1 aromatic rings. The molecule has 19 heavy (non-hydrogen) atoms. The lowest BCUT2D eigenvalue weighted by molar-refractivity contribution is -0.119. The molecule has 0 saturated heterocycles. The van der Waals surface area contributed by atoms with Crippen molar-refractivity contribution < 1.29 is 9.53 Å². The van der Waals surface area contributed by atoms with Gasteiger partial charge < -0.3 is 20.4 Å². The molecule has 1 aromatic heterocycles. The third-order valence-electron chi connectivity index (χ3n) is 2.41. The third kappa shape index (κ3) is 5.17. The van der Waals surface area contributed by atoms with E-state index < -0.39 is 0 Å². The minimum atomic E-state index is -0.0468. The Labute approximate surface area is 117 Å². The molecule has 3 N–H and O–H groups in total. The quantitative estimate of drug-likeness (QED) is 0.642. The second kappa shape index (κ2) is 8.13. The van der Waals surface area contributed by atoms with Crippen LogP contribution in [0.4, 0.5) is 0 Å². The predicted octanol–water partition coefficient (Wildman–Crippen LogP) is -0.212. The first-order valence-corrected chi connectivity index (χ1v) is 7.08. The van der Waals surface area contributed by atoms with Crippen LogP contribution in [0.1, 0.15) is 12.7 Å². The van der Waals surface area contributed by atoms with Gasteiger partial charge in [-0.3, -0.25) is 4.79 Å². The second-order valence-electron chi connectivity index (χ2n) is 4.18. The lowest BCUT2D eigenvalue weighted by atomic mass is 10.3. The van der Waals surface area contributed by atoms with Crippen molar-refractivity contribution >= 4 is 17.7 Å². The Hall–Kier alpha value is -1.12. The highest BCUT2D eigenvalue weighted by atomic mass is 32.2. The van der Waals surface area contributed by atoms with Gasteiger partial charge in [-0.25, -0.2) is 0 Å². The zero-order valence-electron chi connectivity index (χ0n) is 11.5. The SMILES string of the molecule is COCC(C)NC(=O)CSc1nnc(C)n1CCN. The van der Waals surface area contributed by atoms with Crippen molar-refractivity contribution in [3.8, 4) is 0 Å². The van der Waals surface area contributed by atoms with Crippen LogP contribution in [0, 0.1) is 6.92 Å². The molecule has 1 rings (SSSR count). The Morgan fingerprint density at radius 2 is 2.32 bits per heavy atom. The molecule has 0 spiro atoms. The third-order valence-corrected chi connectivity index (χ3v) is 3.38. The molecule has 0 saturated carbocycles. The summed E-state index contributed by atoms with van der Waals surface area (Å²) in [5, 5.41) is 11.6. The van der Waals surface area contributed by atoms with E-state index in [2.05, 4.69) is 15.5 Å². The van der Waals surface area contributed by atoms with E-state index in [-0.39, 0.29) is 11.9 Å². The number of nitrogens with zero attached hydrogens (tertiary/aromatic N) is 3. The van der Waals surface area contributed by atoms with E-state index in [1.165, 1.54) is 11.8 Å². The molecule has 0 radical (unpaired) electrons. The van der Waals surface area contributed by atoms with Gasteiger partial charge in [-0.15, -0.1) is 10.2 Å². The van der Waals surface area contributed by atoms with Crippen molar-refractivity contribution in [2.75, 3.05) is 26.0 Å². The number of carbonyl (C=O) groups is 1. The van der Waals surface area contributed by atoms with Crippen LogP contribution in [0.3, 0.4) is 0 Å². The molecule has 0 aromatic carbocycles. The number of nitrogens with two attached hydrogens (primary N) is 1. The number of aromatic nitrogens is 3. The molecule has 7 nitrogen and oxygen atoms in total. The molecule has 0 aliphatic carbocycles. The minimum Gasteiger partial charge on any atom is -0.383 e. The maximum absolute atomic E-state index is 11.7. The first-order chi connectivity index (χ1) is 9.08. The topological polar surface area (TPSA) is 95.1 Å². The van der Waals surface area contributed by atoms with Crippen molar-refractivity contribution in [2.45, 2.75) is 31.6 Å². The zero-order chi connectivity index (χ0) is 14.3. The fourth-order valence-corrected chi connectivity index (χ4v) is 2.41. The second-order valence-corrected chi connectivity index (χ2v) is 5.13. The van der Waals surface area contributed by atoms with Gasteiger partial charge in [-0.2, -0.15) is 0 Å². The fraction of sp³-hybridized carbons (Fsp3) is 0.727. The molecule has 0 bridgehead atoms. The Balaban J connectivity index is 2.46. The van der Waals surface area contributed by atoms with Crippen molar-refractivity contribution in [3.63, 3.8) is 0 Å². The average molecular weight is 287 g/mol. The summed E-state index contributed by atoms with van der Waals surface area (Å²) in [6, 6.07) is 0.00162. The molecule has 108 valence electrons. The summed E-state index contributed by atoms with van der Waals surface area (Å²) in [5.41, 5.74) is 5.53. The van der Waals surface area contributed by atoms with Gasteiger partial charge in [0.15, 0.2) is 5.16 Å². The maximum Gasteiger partial charge on any atom is 0.230 e. The smallest absolute Gasteiger partial charge is 0.230 e. The lowest BCUT2D eigenvalue weighted by Gasteiger charge is -2.12. The molecular formula is C11H21N5O2S. The van der Waals surface area contributed by atoms with Crippen molar-refractivity contribution in [3.05, 3.63) is 5.82 Å². The summed E-state index contributed by atoms with van der Waals surface area (Å²) in [7, 11) is 1.61. The molecule has 1 unspecified atom stereocenters. The molecule has 8 heteroatoms. The summed E-state index contributed by atoms with van der Waals surface area (Å²) < 4.78 is 6.87. The summed E-state index contributed by atoms with van der Waals surface area (Å²) >= 11 is 1.36. The number of methoxy groups -OCH3 is 1. The van der Waals surface area contributed by atoms with Crippen LogP contribution < -0.4 is 11.1 Å². The van der Waals surface area contributed by atoms with Crippen molar-refractivity contribution in [2.24, 2.45) is 5.73 Å². The largest absolute Gasteiger partial charge is 0.383 e. The summed E-state index contributed by atoms with van der Waals surface area (Å²) in [6.07, 6.45) is 0. The standard InChI is InChI=1S/C11H21N5O2S/c1-8(6-18-3)13-10(17)7-19-11-15-14-9(2)16(11)5-4-12/h8H,4-7,12H2,1-3H3,(H,13,17). The van der Waals surface area contributed by atoms with Gasteiger partial charge >= 0.3 is 0 Å². The number of nitrogens with one attached hydrogen (secondary N) is 1. The van der Waals surface area contributed by atoms with E-state index in [0.29, 0.717) is 25.4 Å². The van der Waals surface area contributed by atoms with Crippen LogP contribution in [-0.2, 0) is 16.1 Å². The highest BCUT2D eigenvalue weighted by molar-refractivity contribution is 7.99. The molecule has 0 aliphatic heterocycles. The van der Waals surface area contributed by atoms with Gasteiger partial charge in [0.2, 0.25) is 5.91 Å². The highest BCUT2D eigenvalue weighted by Crippen LogP contribution is 2.16. The highest BCUT2D eigenvalue weighted by Gasteiger charge is 2.12. The van der Waals surface area contributed by atoms with E-state index in [1.807, 2.05) is 18.4 Å². The van der Waals surface area contributed by atoms with Crippen LogP contribution in [0.15, 0.2) is 5.16 Å². The number of thioether (sulfide) groups is 1. The van der Waals surface area contributed by atoms with Gasteiger partial charge in [-0.1, -0.05) is 11.8 Å². The fourth-order valence-electron chi connectivity index (χ4n) is 1.59. The van der Waals surface area contributed by atoms with Crippen LogP contribution in [0.5, 0.6) is 0 Å². The predicted molar refractivity (Wildman–Crippen MR) is 74.0 cm³/mol. The number of amides is 1. The van der Waals surface area contributed by atoms with Crippen molar-refractivity contribution in [1.82, 2.24) is 20.1 Å².